The van der Waals surface area contributed by atoms with Gasteiger partial charge in [-0.05, 0) is 48.0 Å². The minimum atomic E-state index is -0.0579. The molecule has 4 rings (SSSR count). The first kappa shape index (κ1) is 16.8. The van der Waals surface area contributed by atoms with Crippen LogP contribution in [0.15, 0.2) is 66.9 Å². The van der Waals surface area contributed by atoms with Gasteiger partial charge in [0.1, 0.15) is 10.9 Å². The van der Waals surface area contributed by atoms with Crippen molar-refractivity contribution in [2.75, 3.05) is 7.11 Å². The van der Waals surface area contributed by atoms with E-state index in [0.29, 0.717) is 16.3 Å². The summed E-state index contributed by atoms with van der Waals surface area (Å²) in [6.45, 7) is 0. The van der Waals surface area contributed by atoms with Gasteiger partial charge < -0.3 is 4.74 Å². The van der Waals surface area contributed by atoms with E-state index >= 15 is 0 Å². The van der Waals surface area contributed by atoms with Gasteiger partial charge in [0.25, 0.3) is 0 Å². The molecule has 0 amide bonds. The number of carbonyl (C=O) groups is 1. The highest BCUT2D eigenvalue weighted by molar-refractivity contribution is 7.22. The third kappa shape index (κ3) is 2.98. The van der Waals surface area contributed by atoms with Crippen LogP contribution in [0, 0.1) is 0 Å². The van der Waals surface area contributed by atoms with E-state index in [1.807, 2.05) is 48.5 Å². The summed E-state index contributed by atoms with van der Waals surface area (Å²) in [5, 5.41) is 1.32. The molecule has 0 saturated heterocycles. The number of hydrogen-bond acceptors (Lipinski definition) is 4. The molecule has 0 aliphatic carbocycles. The smallest absolute Gasteiger partial charge is 0.196 e. The fourth-order valence-corrected chi connectivity index (χ4v) is 4.19. The van der Waals surface area contributed by atoms with Gasteiger partial charge in [0, 0.05) is 32.3 Å². The predicted molar refractivity (Wildman–Crippen MR) is 106 cm³/mol. The Hall–Kier alpha value is -2.69. The predicted octanol–water partition coefficient (Wildman–Crippen LogP) is 5.86. The van der Waals surface area contributed by atoms with Gasteiger partial charge in [-0.2, -0.15) is 0 Å². The highest BCUT2D eigenvalue weighted by Crippen LogP contribution is 2.40. The molecule has 0 saturated carbocycles. The van der Waals surface area contributed by atoms with Crippen molar-refractivity contribution >= 4 is 38.8 Å². The molecule has 0 spiro atoms. The third-order valence-corrected chi connectivity index (χ3v) is 5.61. The summed E-state index contributed by atoms with van der Waals surface area (Å²) in [6.07, 6.45) is 1.52. The molecule has 0 aliphatic heterocycles. The Kier molecular flexibility index (Phi) is 4.45. The fraction of sp³-hybridized carbons (Fsp3) is 0.0476. The van der Waals surface area contributed by atoms with Crippen LogP contribution in [0.2, 0.25) is 5.15 Å². The van der Waals surface area contributed by atoms with Crippen molar-refractivity contribution < 1.29 is 9.53 Å². The summed E-state index contributed by atoms with van der Waals surface area (Å²) in [4.78, 5) is 18.2. The van der Waals surface area contributed by atoms with Crippen LogP contribution in [-0.4, -0.2) is 17.9 Å². The number of benzene rings is 2. The fourth-order valence-electron chi connectivity index (χ4n) is 2.87. The van der Waals surface area contributed by atoms with Crippen LogP contribution in [0.3, 0.4) is 0 Å². The topological polar surface area (TPSA) is 39.2 Å². The lowest BCUT2D eigenvalue weighted by molar-refractivity contribution is 0.104. The molecule has 4 aromatic rings. The minimum Gasteiger partial charge on any atom is -0.497 e. The van der Waals surface area contributed by atoms with Gasteiger partial charge in [-0.25, -0.2) is 4.98 Å². The zero-order valence-corrected chi connectivity index (χ0v) is 15.5. The molecular weight excluding hydrogens is 366 g/mol. The maximum atomic E-state index is 13.2. The van der Waals surface area contributed by atoms with Crippen LogP contribution in [0.25, 0.3) is 20.5 Å². The van der Waals surface area contributed by atoms with Gasteiger partial charge in [0.05, 0.1) is 7.11 Å². The Morgan fingerprint density at radius 1 is 1.04 bits per heavy atom. The Morgan fingerprint density at radius 2 is 1.81 bits per heavy atom. The second-order valence-electron chi connectivity index (χ2n) is 5.73. The number of ketones is 1. The first-order valence-corrected chi connectivity index (χ1v) is 9.19. The number of hydrogen-bond donors (Lipinski definition) is 0. The van der Waals surface area contributed by atoms with Gasteiger partial charge in [-0.15, -0.1) is 11.3 Å². The number of ether oxygens (including phenoxy) is 1. The normalized spacial score (nSPS) is 10.8. The molecule has 2 aromatic carbocycles. The minimum absolute atomic E-state index is 0.0579. The molecule has 0 aliphatic rings. The Morgan fingerprint density at radius 3 is 2.50 bits per heavy atom. The standard InChI is InChI=1S/C21H14ClNO2S/c1-25-15-9-6-13(7-10-15)21-19(16-4-2-3-5-17(16)26-21)20(24)14-8-11-18(22)23-12-14/h2-12H,1H3. The van der Waals surface area contributed by atoms with Crippen LogP contribution < -0.4 is 4.74 Å². The molecule has 0 fully saturated rings. The average molecular weight is 380 g/mol. The second kappa shape index (κ2) is 6.90. The van der Waals surface area contributed by atoms with Gasteiger partial charge in [-0.3, -0.25) is 4.79 Å². The largest absolute Gasteiger partial charge is 0.497 e. The molecule has 0 N–H and O–H groups in total. The first-order valence-electron chi connectivity index (χ1n) is 7.99. The summed E-state index contributed by atoms with van der Waals surface area (Å²) in [7, 11) is 1.64. The van der Waals surface area contributed by atoms with Gasteiger partial charge in [0.2, 0.25) is 0 Å². The molecule has 0 unspecified atom stereocenters. The van der Waals surface area contributed by atoms with Crippen LogP contribution >= 0.6 is 22.9 Å². The number of methoxy groups -OCH3 is 1. The van der Waals surface area contributed by atoms with E-state index < -0.39 is 0 Å². The Labute approximate surface area is 159 Å². The monoisotopic (exact) mass is 379 g/mol. The zero-order valence-electron chi connectivity index (χ0n) is 13.9. The maximum Gasteiger partial charge on any atom is 0.196 e. The molecule has 0 atom stereocenters. The molecule has 2 heterocycles. The third-order valence-electron chi connectivity index (χ3n) is 4.16. The number of nitrogens with zero attached hydrogens (tertiary/aromatic N) is 1. The van der Waals surface area contributed by atoms with Gasteiger partial charge in [0.15, 0.2) is 5.78 Å². The van der Waals surface area contributed by atoms with Crippen molar-refractivity contribution in [1.29, 1.82) is 0 Å². The van der Waals surface area contributed by atoms with Crippen molar-refractivity contribution in [3.63, 3.8) is 0 Å². The van der Waals surface area contributed by atoms with E-state index in [4.69, 9.17) is 16.3 Å². The lowest BCUT2D eigenvalue weighted by atomic mass is 9.98. The number of pyridine rings is 1. The molecule has 2 aromatic heterocycles. The van der Waals surface area contributed by atoms with E-state index in [-0.39, 0.29) is 5.78 Å². The number of rotatable bonds is 4. The number of thiophene rings is 1. The first-order chi connectivity index (χ1) is 12.7. The van der Waals surface area contributed by atoms with E-state index in [0.717, 1.165) is 26.3 Å². The average Bonchev–Trinajstić information content (AvgIpc) is 3.07. The Balaban J connectivity index is 1.91. The molecular formula is C21H14ClNO2S. The van der Waals surface area contributed by atoms with E-state index in [1.54, 1.807) is 30.6 Å². The molecule has 26 heavy (non-hydrogen) atoms. The van der Waals surface area contributed by atoms with E-state index in [1.165, 1.54) is 6.20 Å². The van der Waals surface area contributed by atoms with Crippen molar-refractivity contribution in [2.45, 2.75) is 0 Å². The van der Waals surface area contributed by atoms with Crippen molar-refractivity contribution in [2.24, 2.45) is 0 Å². The summed E-state index contributed by atoms with van der Waals surface area (Å²) in [6, 6.07) is 19.0. The van der Waals surface area contributed by atoms with Crippen LogP contribution in [0.4, 0.5) is 0 Å². The maximum absolute atomic E-state index is 13.2. The quantitative estimate of drug-likeness (QED) is 0.329. The molecule has 5 heteroatoms. The Bertz CT molecular complexity index is 1090. The van der Waals surface area contributed by atoms with E-state index in [2.05, 4.69) is 4.98 Å². The SMILES string of the molecule is COc1ccc(-c2sc3ccccc3c2C(=O)c2ccc(Cl)nc2)cc1. The van der Waals surface area contributed by atoms with Crippen LogP contribution in [0.1, 0.15) is 15.9 Å². The summed E-state index contributed by atoms with van der Waals surface area (Å²) in [5.41, 5.74) is 2.20. The molecule has 128 valence electrons. The highest BCUT2D eigenvalue weighted by Gasteiger charge is 2.21. The van der Waals surface area contributed by atoms with Crippen molar-refractivity contribution in [3.8, 4) is 16.2 Å². The van der Waals surface area contributed by atoms with Crippen molar-refractivity contribution in [3.05, 3.63) is 83.1 Å². The van der Waals surface area contributed by atoms with Crippen LogP contribution in [-0.2, 0) is 0 Å². The summed E-state index contributed by atoms with van der Waals surface area (Å²) in [5.74, 6) is 0.724. The molecule has 0 radical (unpaired) electrons. The zero-order chi connectivity index (χ0) is 18.1. The second-order valence-corrected chi connectivity index (χ2v) is 7.17. The molecule has 0 bridgehead atoms. The lowest BCUT2D eigenvalue weighted by Gasteiger charge is -2.06. The van der Waals surface area contributed by atoms with Gasteiger partial charge >= 0.3 is 0 Å². The number of carbonyl (C=O) groups excluding carboxylic acids is 1. The molecule has 3 nitrogen and oxygen atoms in total. The highest BCUT2D eigenvalue weighted by atomic mass is 35.5. The van der Waals surface area contributed by atoms with Gasteiger partial charge in [-0.1, -0.05) is 29.8 Å². The summed E-state index contributed by atoms with van der Waals surface area (Å²) >= 11 is 7.47. The van der Waals surface area contributed by atoms with Crippen LogP contribution in [0.5, 0.6) is 5.75 Å². The lowest BCUT2D eigenvalue weighted by Crippen LogP contribution is -2.02. The van der Waals surface area contributed by atoms with Crippen molar-refractivity contribution in [1.82, 2.24) is 4.98 Å². The van der Waals surface area contributed by atoms with E-state index in [9.17, 15) is 4.79 Å². The number of fused-ring (bicyclic) bond motifs is 1. The number of aromatic nitrogens is 1. The number of halogens is 1. The summed E-state index contributed by atoms with van der Waals surface area (Å²) < 4.78 is 6.31.